The molecule has 0 aromatic carbocycles. The molecule has 0 radical (unpaired) electrons. The Labute approximate surface area is 104 Å². The molecule has 0 aromatic heterocycles. The fraction of sp³-hybridized carbons (Fsp3) is 1.00. The summed E-state index contributed by atoms with van der Waals surface area (Å²) in [5.41, 5.74) is 0. The summed E-state index contributed by atoms with van der Waals surface area (Å²) in [5.74, 6) is -0.833. The molecule has 0 amide bonds. The summed E-state index contributed by atoms with van der Waals surface area (Å²) in [4.78, 5) is 0. The molecule has 0 aromatic rings. The number of alkyl halides is 2. The van der Waals surface area contributed by atoms with E-state index in [0.717, 1.165) is 0 Å². The molecule has 1 atom stereocenters. The van der Waals surface area contributed by atoms with E-state index in [1.165, 1.54) is 0 Å². The van der Waals surface area contributed by atoms with Crippen molar-refractivity contribution in [3.8, 4) is 0 Å². The molecule has 1 fully saturated rings. The van der Waals surface area contributed by atoms with Gasteiger partial charge in [-0.1, -0.05) is 0 Å². The van der Waals surface area contributed by atoms with Gasteiger partial charge in [0, 0.05) is 36.8 Å². The Morgan fingerprint density at radius 1 is 1.71 bits per heavy atom. The van der Waals surface area contributed by atoms with Gasteiger partial charge in [-0.25, -0.2) is 9.75 Å². The highest BCUT2D eigenvalue weighted by atomic mass is 35.5. The Kier molecular flexibility index (Phi) is 2.64. The van der Waals surface area contributed by atoms with Crippen LogP contribution in [0.2, 0.25) is 1.41 Å². The van der Waals surface area contributed by atoms with E-state index in [1.54, 1.807) is 0 Å². The zero-order valence-electron chi connectivity index (χ0n) is 14.2. The van der Waals surface area contributed by atoms with Gasteiger partial charge in [-0.05, 0) is 6.42 Å². The first kappa shape index (κ1) is 5.85. The molecule has 1 aliphatic heterocycles. The quantitative estimate of drug-likeness (QED) is 0.610. The van der Waals surface area contributed by atoms with Crippen molar-refractivity contribution in [3.63, 3.8) is 0 Å². The molecule has 84 valence electrons. The van der Waals surface area contributed by atoms with Crippen LogP contribution in [0.1, 0.15) is 14.6 Å². The molecule has 0 saturated carbocycles. The molecule has 4 nitrogen and oxygen atoms in total. The normalized spacial score (nSPS) is 45.2. The van der Waals surface area contributed by atoms with E-state index in [4.69, 9.17) is 37.4 Å². The fourth-order valence-electron chi connectivity index (χ4n) is 0.841. The molecule has 1 saturated heterocycles. The third-order valence-corrected chi connectivity index (χ3v) is 3.38. The van der Waals surface area contributed by atoms with Gasteiger partial charge in [-0.15, -0.1) is 23.2 Å². The maximum atomic E-state index is 12.9. The number of rotatable bonds is 5. The summed E-state index contributed by atoms with van der Waals surface area (Å²) in [5, 5.41) is -0.0295. The van der Waals surface area contributed by atoms with E-state index in [0.29, 0.717) is 4.67 Å². The summed E-state index contributed by atoms with van der Waals surface area (Å²) in [6.45, 7) is -8.01. The number of hydrogen-bond acceptors (Lipinski definition) is 2. The van der Waals surface area contributed by atoms with Crippen molar-refractivity contribution in [2.45, 2.75) is 6.42 Å². The van der Waals surface area contributed by atoms with Crippen LogP contribution in [0.4, 0.5) is 0 Å². The Morgan fingerprint density at radius 3 is 3.14 bits per heavy atom. The molecule has 1 unspecified atom stereocenters. The van der Waals surface area contributed by atoms with Crippen LogP contribution < -0.4 is 5.08 Å². The molecule has 0 bridgehead atoms. The van der Waals surface area contributed by atoms with Crippen LogP contribution in [-0.2, 0) is 9.09 Å². The number of nitrogens with one attached hydrogen (secondary N) is 1. The van der Waals surface area contributed by atoms with Crippen molar-refractivity contribution in [2.75, 3.05) is 37.9 Å². The van der Waals surface area contributed by atoms with Crippen molar-refractivity contribution in [3.05, 3.63) is 0 Å². The molecule has 14 heavy (non-hydrogen) atoms. The molecule has 7 heteroatoms. The lowest BCUT2D eigenvalue weighted by atomic mass is 10.5. The Bertz CT molecular complexity index is 441. The second kappa shape index (κ2) is 6.31. The summed E-state index contributed by atoms with van der Waals surface area (Å²) in [6, 6.07) is 0. The molecular weight excluding hydrogens is 246 g/mol. The molecule has 1 rings (SSSR count). The number of hydrogen-bond donors (Lipinski definition) is 1. The van der Waals surface area contributed by atoms with Crippen molar-refractivity contribution < 1.29 is 18.7 Å². The van der Waals surface area contributed by atoms with Gasteiger partial charge in [0.15, 0.2) is 0 Å². The number of halogens is 2. The summed E-state index contributed by atoms with van der Waals surface area (Å²) in [7, 11) is -4.67. The minimum atomic E-state index is -4.67. The zero-order chi connectivity index (χ0) is 16.7. The first-order valence-electron chi connectivity index (χ1n) is 7.28. The van der Waals surface area contributed by atoms with E-state index >= 15 is 0 Å². The fourth-order valence-corrected chi connectivity index (χ4v) is 2.69. The van der Waals surface area contributed by atoms with Crippen molar-refractivity contribution in [1.29, 1.82) is 0 Å². The van der Waals surface area contributed by atoms with Gasteiger partial charge in [0.2, 0.25) is 0 Å². The Morgan fingerprint density at radius 2 is 2.50 bits per heavy atom. The minimum absolute atomic E-state index is 0.0295. The third kappa shape index (κ3) is 3.37. The van der Waals surface area contributed by atoms with Crippen LogP contribution in [0, 0.1) is 0 Å². The van der Waals surface area contributed by atoms with E-state index in [1.807, 2.05) is 0 Å². The van der Waals surface area contributed by atoms with Crippen LogP contribution in [0.25, 0.3) is 0 Å². The average Bonchev–Trinajstić information content (AvgIpc) is 2.31. The first-order valence-corrected chi connectivity index (χ1v) is 6.43. The van der Waals surface area contributed by atoms with E-state index in [2.05, 4.69) is 0 Å². The van der Waals surface area contributed by atoms with Gasteiger partial charge in [0.1, 0.15) is 1.41 Å². The van der Waals surface area contributed by atoms with Crippen LogP contribution in [0.5, 0.6) is 0 Å². The third-order valence-electron chi connectivity index (χ3n) is 1.38. The van der Waals surface area contributed by atoms with Gasteiger partial charge in [0.05, 0.1) is 9.30 Å². The van der Waals surface area contributed by atoms with Crippen LogP contribution in [0.15, 0.2) is 0 Å². The van der Waals surface area contributed by atoms with Crippen molar-refractivity contribution in [2.24, 2.45) is 0 Å². The van der Waals surface area contributed by atoms with E-state index in [9.17, 15) is 4.57 Å². The molecule has 1 aliphatic rings. The van der Waals surface area contributed by atoms with Crippen LogP contribution in [-0.4, -0.2) is 42.5 Å². The number of nitrogens with zero attached hydrogens (tertiary/aromatic N) is 1. The van der Waals surface area contributed by atoms with Crippen molar-refractivity contribution in [1.82, 2.24) is 9.75 Å². The highest BCUT2D eigenvalue weighted by molar-refractivity contribution is 7.54. The van der Waals surface area contributed by atoms with Gasteiger partial charge in [-0.2, -0.15) is 0 Å². The van der Waals surface area contributed by atoms with Crippen molar-refractivity contribution >= 4 is 30.9 Å². The highest BCUT2D eigenvalue weighted by Crippen LogP contribution is 2.47. The Balaban J connectivity index is 3.34. The molecule has 1 heterocycles. The van der Waals surface area contributed by atoms with E-state index < -0.39 is 39.5 Å². The highest BCUT2D eigenvalue weighted by Gasteiger charge is 2.32. The van der Waals surface area contributed by atoms with Gasteiger partial charge >= 0.3 is 7.67 Å². The second-order valence-electron chi connectivity index (χ2n) is 2.26. The molecular formula is C7H15Cl2N2O2P. The topological polar surface area (TPSA) is 41.6 Å². The summed E-state index contributed by atoms with van der Waals surface area (Å²) < 4.78 is 71.6. The Hall–Kier alpha value is 0.690. The van der Waals surface area contributed by atoms with E-state index in [-0.39, 0.29) is 17.5 Å². The molecule has 0 spiro atoms. The van der Waals surface area contributed by atoms with Crippen LogP contribution >= 0.6 is 30.9 Å². The predicted molar refractivity (Wildman–Crippen MR) is 59.2 cm³/mol. The lowest BCUT2D eigenvalue weighted by molar-refractivity contribution is 0.233. The maximum absolute atomic E-state index is 12.9. The predicted octanol–water partition coefficient (Wildman–Crippen LogP) is 1.88. The van der Waals surface area contributed by atoms with Gasteiger partial charge in [-0.3, -0.25) is 4.57 Å². The van der Waals surface area contributed by atoms with Crippen LogP contribution in [0.3, 0.4) is 0 Å². The second-order valence-corrected chi connectivity index (χ2v) is 4.76. The standard InChI is InChI=1S/C7H15Cl2N2O2P/c8-2-5-11(6-3-9)14(12)10-4-1-7-13-14/h1-7H2,(H,10,12)/i4D2,5D2,7D2/hD. The lowest BCUT2D eigenvalue weighted by Gasteiger charge is -2.33. The summed E-state index contributed by atoms with van der Waals surface area (Å²) >= 11 is 11.0. The molecule has 0 aliphatic carbocycles. The zero-order valence-corrected chi connectivity index (χ0v) is 9.65. The monoisotopic (exact) mass is 267 g/mol. The lowest BCUT2D eigenvalue weighted by Crippen LogP contribution is -2.35. The average molecular weight is 268 g/mol. The van der Waals surface area contributed by atoms with Gasteiger partial charge < -0.3 is 4.52 Å². The summed E-state index contributed by atoms with van der Waals surface area (Å²) in [6.07, 6.45) is -0.841. The minimum Gasteiger partial charge on any atom is -0.306 e. The smallest absolute Gasteiger partial charge is 0.306 e. The largest absolute Gasteiger partial charge is 0.343 e. The first-order chi connectivity index (χ1) is 9.32. The van der Waals surface area contributed by atoms with Gasteiger partial charge in [0.25, 0.3) is 0 Å². The maximum Gasteiger partial charge on any atom is 0.343 e. The molecule has 1 N–H and O–H groups in total. The SMILES string of the molecule is [2H]N1C([2H])([2H])CC([2H])([2H])OP1(=O)N(CCCl)C([2H])([2H])CCl.